The second-order valence-corrected chi connectivity index (χ2v) is 8.08. The van der Waals surface area contributed by atoms with Crippen molar-refractivity contribution in [2.45, 2.75) is 18.9 Å². The Morgan fingerprint density at radius 2 is 2.06 bits per heavy atom. The van der Waals surface area contributed by atoms with Crippen LogP contribution < -0.4 is 9.64 Å². The molecule has 9 heteroatoms. The number of aromatic nitrogens is 3. The molecular weight excluding hydrogens is 430 g/mol. The number of nitrogens with zero attached hydrogens (tertiary/aromatic N) is 5. The van der Waals surface area contributed by atoms with Gasteiger partial charge in [0.25, 0.3) is 5.91 Å². The number of amides is 2. The topological polar surface area (TPSA) is 88.5 Å². The predicted molar refractivity (Wildman–Crippen MR) is 118 cm³/mol. The van der Waals surface area contributed by atoms with E-state index in [1.807, 2.05) is 24.3 Å². The maximum Gasteiger partial charge on any atom is 0.265 e. The molecule has 1 fully saturated rings. The zero-order chi connectivity index (χ0) is 22.1. The minimum Gasteiger partial charge on any atom is -0.482 e. The van der Waals surface area contributed by atoms with E-state index >= 15 is 0 Å². The van der Waals surface area contributed by atoms with Crippen molar-refractivity contribution in [2.75, 3.05) is 24.6 Å². The van der Waals surface area contributed by atoms with Crippen LogP contribution in [0.1, 0.15) is 24.6 Å². The van der Waals surface area contributed by atoms with Crippen LogP contribution in [0.5, 0.6) is 5.75 Å². The smallest absolute Gasteiger partial charge is 0.265 e. The van der Waals surface area contributed by atoms with E-state index in [4.69, 9.17) is 16.3 Å². The molecule has 8 nitrogen and oxygen atoms in total. The molecule has 2 aliphatic heterocycles. The van der Waals surface area contributed by atoms with E-state index in [9.17, 15) is 9.59 Å². The van der Waals surface area contributed by atoms with Crippen LogP contribution >= 0.6 is 11.6 Å². The van der Waals surface area contributed by atoms with E-state index in [0.29, 0.717) is 34.5 Å². The second-order valence-electron chi connectivity index (χ2n) is 7.65. The molecule has 3 aromatic rings. The van der Waals surface area contributed by atoms with E-state index < -0.39 is 0 Å². The van der Waals surface area contributed by atoms with Gasteiger partial charge in [-0.2, -0.15) is 0 Å². The summed E-state index contributed by atoms with van der Waals surface area (Å²) in [7, 11) is 0. The fourth-order valence-electron chi connectivity index (χ4n) is 4.12. The van der Waals surface area contributed by atoms with Crippen LogP contribution in [0, 0.1) is 0 Å². The average molecular weight is 450 g/mol. The van der Waals surface area contributed by atoms with Crippen LogP contribution in [0.2, 0.25) is 5.02 Å². The fourth-order valence-corrected chi connectivity index (χ4v) is 4.29. The molecule has 1 aromatic carbocycles. The lowest BCUT2D eigenvalue weighted by molar-refractivity contribution is -0.132. The number of pyridine rings is 1. The number of halogens is 1. The highest BCUT2D eigenvalue weighted by Crippen LogP contribution is 2.36. The molecule has 0 aliphatic carbocycles. The molecule has 5 rings (SSSR count). The molecule has 162 valence electrons. The third kappa shape index (κ3) is 3.89. The normalized spacial score (nSPS) is 17.8. The highest BCUT2D eigenvalue weighted by atomic mass is 35.5. The Hall–Kier alpha value is -3.52. The Morgan fingerprint density at radius 1 is 1.16 bits per heavy atom. The summed E-state index contributed by atoms with van der Waals surface area (Å²) in [6.45, 7) is 0.419. The van der Waals surface area contributed by atoms with Gasteiger partial charge in [0, 0.05) is 24.0 Å². The van der Waals surface area contributed by atoms with Crippen molar-refractivity contribution in [1.82, 2.24) is 19.9 Å². The summed E-state index contributed by atoms with van der Waals surface area (Å²) >= 11 is 6.11. The average Bonchev–Trinajstić information content (AvgIpc) is 3.32. The number of hydrogen-bond acceptors (Lipinski definition) is 6. The first-order chi connectivity index (χ1) is 15.6. The number of rotatable bonds is 4. The zero-order valence-electron chi connectivity index (χ0n) is 17.1. The molecule has 1 saturated heterocycles. The quantitative estimate of drug-likeness (QED) is 0.607. The van der Waals surface area contributed by atoms with Crippen molar-refractivity contribution in [2.24, 2.45) is 0 Å². The number of likely N-dealkylation sites (tertiary alicyclic amines) is 1. The molecule has 1 unspecified atom stereocenters. The van der Waals surface area contributed by atoms with Crippen LogP contribution in [-0.4, -0.2) is 51.4 Å². The SMILES string of the molecule is O=C1COc2ccc(Cl)cc2N1CC(=O)N1CCCC1c1ccnc(-c2ccccn2)n1. The highest BCUT2D eigenvalue weighted by Gasteiger charge is 2.35. The summed E-state index contributed by atoms with van der Waals surface area (Å²) in [5.41, 5.74) is 1.96. The molecule has 0 saturated carbocycles. The van der Waals surface area contributed by atoms with Crippen molar-refractivity contribution in [3.63, 3.8) is 0 Å². The number of benzene rings is 1. The Morgan fingerprint density at radius 3 is 2.91 bits per heavy atom. The number of hydrogen-bond donors (Lipinski definition) is 0. The van der Waals surface area contributed by atoms with E-state index in [0.717, 1.165) is 18.5 Å². The molecule has 2 amide bonds. The lowest BCUT2D eigenvalue weighted by atomic mass is 10.1. The number of carbonyl (C=O) groups is 2. The third-order valence-electron chi connectivity index (χ3n) is 5.64. The van der Waals surface area contributed by atoms with Gasteiger partial charge in [-0.3, -0.25) is 19.5 Å². The third-order valence-corrected chi connectivity index (χ3v) is 5.88. The molecule has 2 aliphatic rings. The van der Waals surface area contributed by atoms with E-state index in [2.05, 4.69) is 15.0 Å². The zero-order valence-corrected chi connectivity index (χ0v) is 17.9. The standard InChI is InChI=1S/C23H20ClN5O3/c24-15-6-7-20-19(12-15)29(22(31)14-32-20)13-21(30)28-11-3-5-18(28)16-8-10-26-23(27-16)17-4-1-2-9-25-17/h1-2,4,6-10,12,18H,3,5,11,13-14H2. The summed E-state index contributed by atoms with van der Waals surface area (Å²) in [6, 6.07) is 12.3. The number of ether oxygens (including phenoxy) is 1. The first kappa shape index (κ1) is 20.4. The summed E-state index contributed by atoms with van der Waals surface area (Å²) in [5.74, 6) is 0.639. The molecular formula is C23H20ClN5O3. The van der Waals surface area contributed by atoms with E-state index in [1.165, 1.54) is 4.90 Å². The van der Waals surface area contributed by atoms with Gasteiger partial charge in [-0.1, -0.05) is 17.7 Å². The molecule has 0 radical (unpaired) electrons. The molecule has 32 heavy (non-hydrogen) atoms. The predicted octanol–water partition coefficient (Wildman–Crippen LogP) is 3.28. The summed E-state index contributed by atoms with van der Waals surface area (Å²) in [6.07, 6.45) is 5.04. The molecule has 4 heterocycles. The van der Waals surface area contributed by atoms with Gasteiger partial charge in [-0.15, -0.1) is 0 Å². The molecule has 0 N–H and O–H groups in total. The first-order valence-electron chi connectivity index (χ1n) is 10.4. The van der Waals surface area contributed by atoms with Crippen molar-refractivity contribution < 1.29 is 14.3 Å². The van der Waals surface area contributed by atoms with Gasteiger partial charge in [0.05, 0.1) is 17.4 Å². The lowest BCUT2D eigenvalue weighted by Gasteiger charge is -2.32. The number of anilines is 1. The van der Waals surface area contributed by atoms with Gasteiger partial charge in [-0.25, -0.2) is 9.97 Å². The van der Waals surface area contributed by atoms with Crippen LogP contribution in [0.4, 0.5) is 5.69 Å². The minimum absolute atomic E-state index is 0.0791. The van der Waals surface area contributed by atoms with Gasteiger partial charge in [0.2, 0.25) is 5.91 Å². The van der Waals surface area contributed by atoms with Crippen LogP contribution in [0.15, 0.2) is 54.9 Å². The largest absolute Gasteiger partial charge is 0.482 e. The van der Waals surface area contributed by atoms with E-state index in [1.54, 1.807) is 35.5 Å². The number of carbonyl (C=O) groups excluding carboxylic acids is 2. The Balaban J connectivity index is 1.38. The van der Waals surface area contributed by atoms with Gasteiger partial charge in [0.15, 0.2) is 12.4 Å². The van der Waals surface area contributed by atoms with Crippen LogP contribution in [-0.2, 0) is 9.59 Å². The monoisotopic (exact) mass is 449 g/mol. The molecule has 0 bridgehead atoms. The van der Waals surface area contributed by atoms with Gasteiger partial charge in [-0.05, 0) is 49.2 Å². The van der Waals surface area contributed by atoms with Gasteiger partial charge < -0.3 is 9.64 Å². The summed E-state index contributed by atoms with van der Waals surface area (Å²) < 4.78 is 5.48. The van der Waals surface area contributed by atoms with Crippen LogP contribution in [0.25, 0.3) is 11.5 Å². The van der Waals surface area contributed by atoms with Gasteiger partial charge >= 0.3 is 0 Å². The molecule has 2 aromatic heterocycles. The lowest BCUT2D eigenvalue weighted by Crippen LogP contribution is -2.46. The fraction of sp³-hybridized carbons (Fsp3) is 0.261. The first-order valence-corrected chi connectivity index (χ1v) is 10.7. The summed E-state index contributed by atoms with van der Waals surface area (Å²) in [4.78, 5) is 42.4. The van der Waals surface area contributed by atoms with Crippen molar-refractivity contribution in [3.05, 3.63) is 65.6 Å². The van der Waals surface area contributed by atoms with Crippen molar-refractivity contribution in [3.8, 4) is 17.3 Å². The Kier molecular flexibility index (Phi) is 5.45. The molecule has 0 spiro atoms. The number of fused-ring (bicyclic) bond motifs is 1. The van der Waals surface area contributed by atoms with Crippen molar-refractivity contribution >= 4 is 29.1 Å². The maximum absolute atomic E-state index is 13.3. The van der Waals surface area contributed by atoms with E-state index in [-0.39, 0.29) is 31.0 Å². The van der Waals surface area contributed by atoms with Crippen LogP contribution in [0.3, 0.4) is 0 Å². The Labute approximate surface area is 189 Å². The Bertz CT molecular complexity index is 1170. The minimum atomic E-state index is -0.275. The van der Waals surface area contributed by atoms with Gasteiger partial charge in [0.1, 0.15) is 18.0 Å². The highest BCUT2D eigenvalue weighted by molar-refractivity contribution is 6.31. The second kappa shape index (κ2) is 8.55. The molecule has 1 atom stereocenters. The maximum atomic E-state index is 13.3. The van der Waals surface area contributed by atoms with Crippen molar-refractivity contribution in [1.29, 1.82) is 0 Å². The summed E-state index contributed by atoms with van der Waals surface area (Å²) in [5, 5.41) is 0.474.